The minimum Gasteiger partial charge on any atom is -0.307 e. The Labute approximate surface area is 116 Å². The van der Waals surface area contributed by atoms with Gasteiger partial charge in [0.2, 0.25) is 0 Å². The summed E-state index contributed by atoms with van der Waals surface area (Å²) in [5.41, 5.74) is 2.77. The molecule has 2 rings (SSSR count). The van der Waals surface area contributed by atoms with Crippen LogP contribution in [-0.2, 0) is 0 Å². The van der Waals surface area contributed by atoms with E-state index in [1.165, 1.54) is 36.1 Å². The van der Waals surface area contributed by atoms with Crippen LogP contribution in [0.2, 0.25) is 0 Å². The molecular weight excluding hydrogens is 238 g/mol. The molecule has 100 valence electrons. The highest BCUT2D eigenvalue weighted by Crippen LogP contribution is 2.31. The molecule has 0 heterocycles. The van der Waals surface area contributed by atoms with Gasteiger partial charge in [0, 0.05) is 17.3 Å². The van der Waals surface area contributed by atoms with Gasteiger partial charge >= 0.3 is 0 Å². The fraction of sp³-hybridized carbons (Fsp3) is 0.625. The number of benzene rings is 1. The molecule has 0 bridgehead atoms. The maximum absolute atomic E-state index is 3.80. The van der Waals surface area contributed by atoms with Gasteiger partial charge in [0.1, 0.15) is 0 Å². The van der Waals surface area contributed by atoms with Crippen LogP contribution in [0.15, 0.2) is 24.3 Å². The quantitative estimate of drug-likeness (QED) is 0.849. The van der Waals surface area contributed by atoms with E-state index in [0.29, 0.717) is 12.1 Å². The molecule has 1 fully saturated rings. The Kier molecular flexibility index (Phi) is 5.13. The van der Waals surface area contributed by atoms with E-state index in [1.54, 1.807) is 0 Å². The lowest BCUT2D eigenvalue weighted by molar-refractivity contribution is 0.462. The largest absolute Gasteiger partial charge is 0.307 e. The molecule has 0 aromatic heterocycles. The molecule has 2 heteroatoms. The molecule has 1 aromatic carbocycles. The van der Waals surface area contributed by atoms with Crippen LogP contribution in [0, 0.1) is 6.92 Å². The lowest BCUT2D eigenvalue weighted by Gasteiger charge is -2.20. The van der Waals surface area contributed by atoms with Crippen LogP contribution in [0.4, 0.5) is 0 Å². The predicted octanol–water partition coefficient (Wildman–Crippen LogP) is 4.32. The highest BCUT2D eigenvalue weighted by Gasteiger charge is 2.25. The van der Waals surface area contributed by atoms with E-state index in [0.717, 1.165) is 5.25 Å². The van der Waals surface area contributed by atoms with Crippen molar-refractivity contribution < 1.29 is 0 Å². The number of hydrogen-bond acceptors (Lipinski definition) is 2. The fourth-order valence-corrected chi connectivity index (χ4v) is 4.01. The second kappa shape index (κ2) is 6.63. The van der Waals surface area contributed by atoms with Gasteiger partial charge in [-0.25, -0.2) is 0 Å². The van der Waals surface area contributed by atoms with Crippen molar-refractivity contribution in [2.24, 2.45) is 0 Å². The van der Waals surface area contributed by atoms with Gasteiger partial charge < -0.3 is 5.32 Å². The monoisotopic (exact) mass is 263 g/mol. The Hall–Kier alpha value is -0.470. The standard InChI is InChI=1S/C16H25NS/c1-4-18-16-9-8-15(11-16)17-13(3)14-7-5-6-12(2)10-14/h5-7,10,13,15-17H,4,8-9,11H2,1-3H3. The lowest BCUT2D eigenvalue weighted by Crippen LogP contribution is -2.29. The van der Waals surface area contributed by atoms with Crippen LogP contribution < -0.4 is 5.32 Å². The molecule has 18 heavy (non-hydrogen) atoms. The van der Waals surface area contributed by atoms with Crippen molar-refractivity contribution in [3.63, 3.8) is 0 Å². The Bertz CT molecular complexity index is 377. The molecule has 1 aliphatic rings. The van der Waals surface area contributed by atoms with E-state index in [2.05, 4.69) is 62.1 Å². The molecule has 1 nitrogen and oxygen atoms in total. The van der Waals surface area contributed by atoms with Crippen molar-refractivity contribution in [2.45, 2.75) is 57.4 Å². The molecule has 3 unspecified atom stereocenters. The summed E-state index contributed by atoms with van der Waals surface area (Å²) in [4.78, 5) is 0. The van der Waals surface area contributed by atoms with Gasteiger partial charge in [-0.05, 0) is 44.4 Å². The summed E-state index contributed by atoms with van der Waals surface area (Å²) in [5.74, 6) is 1.25. The summed E-state index contributed by atoms with van der Waals surface area (Å²) in [5, 5.41) is 4.68. The normalized spacial score (nSPS) is 25.3. The Morgan fingerprint density at radius 1 is 1.39 bits per heavy atom. The SMILES string of the molecule is CCSC1CCC(NC(C)c2cccc(C)c2)C1. The van der Waals surface area contributed by atoms with Crippen molar-refractivity contribution in [3.8, 4) is 0 Å². The van der Waals surface area contributed by atoms with E-state index < -0.39 is 0 Å². The summed E-state index contributed by atoms with van der Waals surface area (Å²) < 4.78 is 0. The number of thioether (sulfide) groups is 1. The molecule has 0 spiro atoms. The van der Waals surface area contributed by atoms with Crippen LogP contribution >= 0.6 is 11.8 Å². The van der Waals surface area contributed by atoms with E-state index in [4.69, 9.17) is 0 Å². The Balaban J connectivity index is 1.86. The van der Waals surface area contributed by atoms with Gasteiger partial charge in [-0.15, -0.1) is 0 Å². The molecule has 0 amide bonds. The average Bonchev–Trinajstić information content (AvgIpc) is 2.77. The van der Waals surface area contributed by atoms with Gasteiger partial charge in [0.25, 0.3) is 0 Å². The number of aryl methyl sites for hydroxylation is 1. The van der Waals surface area contributed by atoms with Crippen LogP contribution in [0.1, 0.15) is 50.3 Å². The summed E-state index contributed by atoms with van der Waals surface area (Å²) >= 11 is 2.13. The molecule has 3 atom stereocenters. The third-order valence-electron chi connectivity index (χ3n) is 3.81. The zero-order chi connectivity index (χ0) is 13.0. The smallest absolute Gasteiger partial charge is 0.0294 e. The fourth-order valence-electron chi connectivity index (χ4n) is 2.87. The number of hydrogen-bond donors (Lipinski definition) is 1. The molecule has 1 saturated carbocycles. The molecule has 1 aromatic rings. The van der Waals surface area contributed by atoms with Crippen LogP contribution in [-0.4, -0.2) is 17.0 Å². The van der Waals surface area contributed by atoms with Gasteiger partial charge in [-0.3, -0.25) is 0 Å². The molecule has 1 aliphatic carbocycles. The van der Waals surface area contributed by atoms with E-state index in [9.17, 15) is 0 Å². The van der Waals surface area contributed by atoms with Gasteiger partial charge in [0.15, 0.2) is 0 Å². The van der Waals surface area contributed by atoms with Crippen LogP contribution in [0.25, 0.3) is 0 Å². The van der Waals surface area contributed by atoms with E-state index >= 15 is 0 Å². The average molecular weight is 263 g/mol. The highest BCUT2D eigenvalue weighted by molar-refractivity contribution is 7.99. The van der Waals surface area contributed by atoms with Crippen molar-refractivity contribution in [3.05, 3.63) is 35.4 Å². The third-order valence-corrected chi connectivity index (χ3v) is 5.05. The van der Waals surface area contributed by atoms with E-state index in [1.807, 2.05) is 0 Å². The van der Waals surface area contributed by atoms with Crippen LogP contribution in [0.3, 0.4) is 0 Å². The number of nitrogens with one attached hydrogen (secondary N) is 1. The molecule has 0 saturated heterocycles. The van der Waals surface area contributed by atoms with Crippen LogP contribution in [0.5, 0.6) is 0 Å². The summed E-state index contributed by atoms with van der Waals surface area (Å²) in [6.07, 6.45) is 4.07. The second-order valence-corrected chi connectivity index (χ2v) is 6.97. The maximum Gasteiger partial charge on any atom is 0.0294 e. The van der Waals surface area contributed by atoms with Crippen molar-refractivity contribution >= 4 is 11.8 Å². The van der Waals surface area contributed by atoms with Gasteiger partial charge in [-0.2, -0.15) is 11.8 Å². The van der Waals surface area contributed by atoms with Crippen molar-refractivity contribution in [1.29, 1.82) is 0 Å². The minimum absolute atomic E-state index is 0.472. The van der Waals surface area contributed by atoms with Crippen molar-refractivity contribution in [1.82, 2.24) is 5.32 Å². The molecule has 0 aliphatic heterocycles. The van der Waals surface area contributed by atoms with Gasteiger partial charge in [-0.1, -0.05) is 36.8 Å². The Morgan fingerprint density at radius 3 is 2.94 bits per heavy atom. The molecule has 0 radical (unpaired) electrons. The first-order chi connectivity index (χ1) is 8.69. The highest BCUT2D eigenvalue weighted by atomic mass is 32.2. The summed E-state index contributed by atoms with van der Waals surface area (Å²) in [6, 6.07) is 10.0. The first-order valence-electron chi connectivity index (χ1n) is 7.13. The topological polar surface area (TPSA) is 12.0 Å². The first-order valence-corrected chi connectivity index (χ1v) is 8.18. The predicted molar refractivity (Wildman–Crippen MR) is 82.3 cm³/mol. The number of rotatable bonds is 5. The summed E-state index contributed by atoms with van der Waals surface area (Å²) in [7, 11) is 0. The first kappa shape index (κ1) is 14.0. The second-order valence-electron chi connectivity index (χ2n) is 5.39. The van der Waals surface area contributed by atoms with Crippen molar-refractivity contribution in [2.75, 3.05) is 5.75 Å². The molecular formula is C16H25NS. The minimum atomic E-state index is 0.472. The lowest BCUT2D eigenvalue weighted by atomic mass is 10.0. The van der Waals surface area contributed by atoms with Gasteiger partial charge in [0.05, 0.1) is 0 Å². The zero-order valence-electron chi connectivity index (χ0n) is 11.8. The van der Waals surface area contributed by atoms with E-state index in [-0.39, 0.29) is 0 Å². The zero-order valence-corrected chi connectivity index (χ0v) is 12.6. The summed E-state index contributed by atoms with van der Waals surface area (Å²) in [6.45, 7) is 6.72. The maximum atomic E-state index is 3.80. The molecule has 1 N–H and O–H groups in total. The third kappa shape index (κ3) is 3.76. The Morgan fingerprint density at radius 2 is 2.22 bits per heavy atom.